The molecule has 2 atom stereocenters. The summed E-state index contributed by atoms with van der Waals surface area (Å²) >= 11 is 0. The van der Waals surface area contributed by atoms with Crippen molar-refractivity contribution in [2.24, 2.45) is 5.92 Å². The zero-order chi connectivity index (χ0) is 11.5. The van der Waals surface area contributed by atoms with Crippen LogP contribution in [0.25, 0.3) is 0 Å². The Morgan fingerprint density at radius 1 is 1.38 bits per heavy atom. The summed E-state index contributed by atoms with van der Waals surface area (Å²) < 4.78 is 0. The zero-order valence-electron chi connectivity index (χ0n) is 8.89. The lowest BCUT2D eigenvalue weighted by Crippen LogP contribution is -2.16. The first-order valence-electron chi connectivity index (χ1n) is 5.43. The van der Waals surface area contributed by atoms with E-state index in [0.29, 0.717) is 12.0 Å². The van der Waals surface area contributed by atoms with Crippen LogP contribution in [0.15, 0.2) is 24.3 Å². The molecule has 3 nitrogen and oxygen atoms in total. The fourth-order valence-electron chi connectivity index (χ4n) is 2.16. The van der Waals surface area contributed by atoms with E-state index in [1.165, 1.54) is 0 Å². The van der Waals surface area contributed by atoms with Crippen molar-refractivity contribution in [2.45, 2.75) is 25.4 Å². The molecule has 82 valence electrons. The summed E-state index contributed by atoms with van der Waals surface area (Å²) in [5.74, 6) is -0.107. The molecule has 0 aliphatic heterocycles. The molecular formula is C13H13NO2. The molecule has 1 aliphatic rings. The van der Waals surface area contributed by atoms with Gasteiger partial charge in [-0.15, -0.1) is 0 Å². The maximum Gasteiger partial charge on any atom is 0.138 e. The summed E-state index contributed by atoms with van der Waals surface area (Å²) in [5.41, 5.74) is 1.29. The minimum atomic E-state index is -0.720. The maximum absolute atomic E-state index is 11.5. The SMILES string of the molecule is N#Cc1ccc([C@H](O)C2CCCC2=O)cc1. The molecule has 1 fully saturated rings. The van der Waals surface area contributed by atoms with Gasteiger partial charge in [0.2, 0.25) is 0 Å². The predicted octanol–water partition coefficient (Wildman–Crippen LogP) is 1.96. The number of ketones is 1. The number of hydrogen-bond donors (Lipinski definition) is 1. The highest BCUT2D eigenvalue weighted by molar-refractivity contribution is 5.83. The molecule has 3 heteroatoms. The van der Waals surface area contributed by atoms with Crippen molar-refractivity contribution < 1.29 is 9.90 Å². The van der Waals surface area contributed by atoms with Crippen LogP contribution in [-0.4, -0.2) is 10.9 Å². The lowest BCUT2D eigenvalue weighted by atomic mass is 9.93. The zero-order valence-corrected chi connectivity index (χ0v) is 8.89. The largest absolute Gasteiger partial charge is 0.388 e. The number of carbonyl (C=O) groups excluding carboxylic acids is 1. The van der Waals surface area contributed by atoms with Crippen molar-refractivity contribution in [3.8, 4) is 6.07 Å². The van der Waals surface area contributed by atoms with Crippen molar-refractivity contribution in [3.05, 3.63) is 35.4 Å². The highest BCUT2D eigenvalue weighted by Gasteiger charge is 2.31. The van der Waals surface area contributed by atoms with Crippen LogP contribution in [0, 0.1) is 17.2 Å². The van der Waals surface area contributed by atoms with E-state index in [0.717, 1.165) is 18.4 Å². The lowest BCUT2D eigenvalue weighted by Gasteiger charge is -2.16. The maximum atomic E-state index is 11.5. The van der Waals surface area contributed by atoms with E-state index < -0.39 is 6.10 Å². The van der Waals surface area contributed by atoms with Gasteiger partial charge in [0.25, 0.3) is 0 Å². The van der Waals surface area contributed by atoms with Crippen LogP contribution < -0.4 is 0 Å². The highest BCUT2D eigenvalue weighted by atomic mass is 16.3. The minimum absolute atomic E-state index is 0.150. The topological polar surface area (TPSA) is 61.1 Å². The van der Waals surface area contributed by atoms with Gasteiger partial charge < -0.3 is 5.11 Å². The molecule has 1 aromatic rings. The summed E-state index contributed by atoms with van der Waals surface area (Å²) in [6.45, 7) is 0. The molecule has 0 heterocycles. The summed E-state index contributed by atoms with van der Waals surface area (Å²) in [5, 5.41) is 18.7. The normalized spacial score (nSPS) is 21.8. The number of rotatable bonds is 2. The van der Waals surface area contributed by atoms with E-state index in [9.17, 15) is 9.90 Å². The van der Waals surface area contributed by atoms with Gasteiger partial charge in [-0.3, -0.25) is 4.79 Å². The molecule has 0 saturated heterocycles. The van der Waals surface area contributed by atoms with E-state index in [4.69, 9.17) is 5.26 Å². The van der Waals surface area contributed by atoms with E-state index >= 15 is 0 Å². The van der Waals surface area contributed by atoms with E-state index in [-0.39, 0.29) is 11.7 Å². The Hall–Kier alpha value is -1.66. The molecule has 2 rings (SSSR count). The van der Waals surface area contributed by atoms with Crippen LogP contribution >= 0.6 is 0 Å². The molecule has 0 spiro atoms. The monoisotopic (exact) mass is 215 g/mol. The Morgan fingerprint density at radius 3 is 2.56 bits per heavy atom. The Balaban J connectivity index is 2.17. The van der Waals surface area contributed by atoms with Gasteiger partial charge in [-0.05, 0) is 30.5 Å². The van der Waals surface area contributed by atoms with Gasteiger partial charge in [0.1, 0.15) is 5.78 Å². The van der Waals surface area contributed by atoms with Gasteiger partial charge in [-0.25, -0.2) is 0 Å². The van der Waals surface area contributed by atoms with Gasteiger partial charge in [0.15, 0.2) is 0 Å². The first-order chi connectivity index (χ1) is 7.72. The first-order valence-corrected chi connectivity index (χ1v) is 5.43. The number of nitrogens with zero attached hydrogens (tertiary/aromatic N) is 1. The second-order valence-electron chi connectivity index (χ2n) is 4.14. The summed E-state index contributed by atoms with van der Waals surface area (Å²) in [4.78, 5) is 11.5. The predicted molar refractivity (Wildman–Crippen MR) is 58.5 cm³/mol. The fraction of sp³-hybridized carbons (Fsp3) is 0.385. The number of nitriles is 1. The van der Waals surface area contributed by atoms with Crippen LogP contribution in [0.4, 0.5) is 0 Å². The second-order valence-corrected chi connectivity index (χ2v) is 4.14. The number of carbonyl (C=O) groups is 1. The van der Waals surface area contributed by atoms with Crippen molar-refractivity contribution in [1.82, 2.24) is 0 Å². The van der Waals surface area contributed by atoms with Crippen molar-refractivity contribution in [3.63, 3.8) is 0 Å². The molecule has 0 radical (unpaired) electrons. The van der Waals surface area contributed by atoms with Crippen molar-refractivity contribution in [1.29, 1.82) is 5.26 Å². The number of hydrogen-bond acceptors (Lipinski definition) is 3. The van der Waals surface area contributed by atoms with Crippen LogP contribution in [0.1, 0.15) is 36.5 Å². The fourth-order valence-corrected chi connectivity index (χ4v) is 2.16. The number of aliphatic hydroxyl groups is 1. The molecule has 0 bridgehead atoms. The molecule has 1 saturated carbocycles. The number of benzene rings is 1. The summed E-state index contributed by atoms with van der Waals surface area (Å²) in [6.07, 6.45) is 1.50. The van der Waals surface area contributed by atoms with Crippen LogP contribution in [0.3, 0.4) is 0 Å². The van der Waals surface area contributed by atoms with Gasteiger partial charge in [-0.1, -0.05) is 12.1 Å². The Morgan fingerprint density at radius 2 is 2.06 bits per heavy atom. The van der Waals surface area contributed by atoms with E-state index in [2.05, 4.69) is 0 Å². The third-order valence-electron chi connectivity index (χ3n) is 3.11. The third kappa shape index (κ3) is 1.98. The average Bonchev–Trinajstić information content (AvgIpc) is 2.75. The summed E-state index contributed by atoms with van der Waals surface area (Å²) in [6, 6.07) is 8.79. The van der Waals surface area contributed by atoms with Crippen molar-refractivity contribution >= 4 is 5.78 Å². The summed E-state index contributed by atoms with van der Waals surface area (Å²) in [7, 11) is 0. The van der Waals surface area contributed by atoms with E-state index in [1.807, 2.05) is 6.07 Å². The quantitative estimate of drug-likeness (QED) is 0.820. The van der Waals surface area contributed by atoms with Gasteiger partial charge in [0, 0.05) is 12.3 Å². The molecule has 0 amide bonds. The highest BCUT2D eigenvalue weighted by Crippen LogP contribution is 2.33. The Labute approximate surface area is 94.3 Å². The third-order valence-corrected chi connectivity index (χ3v) is 3.11. The van der Waals surface area contributed by atoms with Crippen LogP contribution in [0.5, 0.6) is 0 Å². The van der Waals surface area contributed by atoms with Crippen molar-refractivity contribution in [2.75, 3.05) is 0 Å². The average molecular weight is 215 g/mol. The molecular weight excluding hydrogens is 202 g/mol. The molecule has 1 unspecified atom stereocenters. The van der Waals surface area contributed by atoms with Gasteiger partial charge in [-0.2, -0.15) is 5.26 Å². The molecule has 0 aromatic heterocycles. The number of Topliss-reactive ketones (excluding diaryl/α,β-unsaturated/α-hetero) is 1. The van der Waals surface area contributed by atoms with E-state index in [1.54, 1.807) is 24.3 Å². The smallest absolute Gasteiger partial charge is 0.138 e. The van der Waals surface area contributed by atoms with Gasteiger partial charge in [0.05, 0.1) is 17.7 Å². The minimum Gasteiger partial charge on any atom is -0.388 e. The lowest BCUT2D eigenvalue weighted by molar-refractivity contribution is -0.123. The van der Waals surface area contributed by atoms with Gasteiger partial charge >= 0.3 is 0 Å². The Kier molecular flexibility index (Phi) is 3.02. The molecule has 1 N–H and O–H groups in total. The standard InChI is InChI=1S/C13H13NO2/c14-8-9-4-6-10(7-5-9)13(16)11-2-1-3-12(11)15/h4-7,11,13,16H,1-3H2/t11?,13-/m0/s1. The molecule has 1 aliphatic carbocycles. The Bertz CT molecular complexity index is 430. The number of aliphatic hydroxyl groups excluding tert-OH is 1. The van der Waals surface area contributed by atoms with Crippen LogP contribution in [0.2, 0.25) is 0 Å². The molecule has 1 aromatic carbocycles. The second kappa shape index (κ2) is 4.46. The van der Waals surface area contributed by atoms with Crippen LogP contribution in [-0.2, 0) is 4.79 Å². The first kappa shape index (κ1) is 10.8. The molecule has 16 heavy (non-hydrogen) atoms.